The number of rotatable bonds is 1. The summed E-state index contributed by atoms with van der Waals surface area (Å²) in [5.41, 5.74) is 1.07. The Morgan fingerprint density at radius 2 is 2.29 bits per heavy atom. The zero-order chi connectivity index (χ0) is 9.97. The van der Waals surface area contributed by atoms with Gasteiger partial charge >= 0.3 is 0 Å². The summed E-state index contributed by atoms with van der Waals surface area (Å²) in [5.74, 6) is 0.637. The Morgan fingerprint density at radius 3 is 3.00 bits per heavy atom. The highest BCUT2D eigenvalue weighted by Crippen LogP contribution is 2.34. The second kappa shape index (κ2) is 4.20. The van der Waals surface area contributed by atoms with Gasteiger partial charge in [-0.05, 0) is 36.9 Å². The molecule has 0 aromatic heterocycles. The third kappa shape index (κ3) is 1.86. The molecule has 1 aliphatic rings. The minimum Gasteiger partial charge on any atom is -0.506 e. The van der Waals surface area contributed by atoms with Crippen LogP contribution in [0.4, 0.5) is 0 Å². The lowest BCUT2D eigenvalue weighted by Gasteiger charge is -2.24. The summed E-state index contributed by atoms with van der Waals surface area (Å²) in [7, 11) is 0. The molecule has 1 heterocycles. The Morgan fingerprint density at radius 1 is 1.43 bits per heavy atom. The van der Waals surface area contributed by atoms with Crippen molar-refractivity contribution in [1.82, 2.24) is 5.32 Å². The van der Waals surface area contributed by atoms with Crippen LogP contribution < -0.4 is 5.32 Å². The van der Waals surface area contributed by atoms with Gasteiger partial charge in [0.15, 0.2) is 0 Å². The average molecular weight is 212 g/mol. The fourth-order valence-corrected chi connectivity index (χ4v) is 2.25. The van der Waals surface area contributed by atoms with Gasteiger partial charge in [0.05, 0.1) is 5.02 Å². The topological polar surface area (TPSA) is 32.3 Å². The smallest absolute Gasteiger partial charge is 0.134 e. The number of phenolic OH excluding ortho intramolecular Hbond substituents is 1. The second-order valence-corrected chi connectivity index (χ2v) is 4.10. The van der Waals surface area contributed by atoms with E-state index in [0.717, 1.165) is 25.1 Å². The van der Waals surface area contributed by atoms with Crippen LogP contribution in [0, 0.1) is 0 Å². The molecule has 0 radical (unpaired) electrons. The van der Waals surface area contributed by atoms with E-state index in [2.05, 4.69) is 5.32 Å². The maximum absolute atomic E-state index is 9.48. The Balaban J connectivity index is 2.26. The highest BCUT2D eigenvalue weighted by molar-refractivity contribution is 6.32. The number of piperidine rings is 1. The minimum atomic E-state index is 0.190. The molecule has 1 saturated heterocycles. The Labute approximate surface area is 88.9 Å². The number of hydrogen-bond acceptors (Lipinski definition) is 2. The van der Waals surface area contributed by atoms with E-state index in [0.29, 0.717) is 10.9 Å². The van der Waals surface area contributed by atoms with Crippen LogP contribution in [-0.4, -0.2) is 18.2 Å². The van der Waals surface area contributed by atoms with Gasteiger partial charge in [0.25, 0.3) is 0 Å². The zero-order valence-electron chi connectivity index (χ0n) is 7.96. The third-order valence-corrected chi connectivity index (χ3v) is 3.16. The first-order valence-electron chi connectivity index (χ1n) is 4.97. The van der Waals surface area contributed by atoms with Gasteiger partial charge in [-0.1, -0.05) is 23.7 Å². The van der Waals surface area contributed by atoms with Gasteiger partial charge in [0.1, 0.15) is 5.75 Å². The Bertz CT molecular complexity index is 321. The maximum atomic E-state index is 9.48. The first kappa shape index (κ1) is 9.81. The lowest BCUT2D eigenvalue weighted by Crippen LogP contribution is -2.28. The van der Waals surface area contributed by atoms with E-state index >= 15 is 0 Å². The first-order chi connectivity index (χ1) is 6.79. The zero-order valence-corrected chi connectivity index (χ0v) is 8.72. The van der Waals surface area contributed by atoms with Crippen molar-refractivity contribution >= 4 is 11.6 Å². The molecule has 1 fully saturated rings. The van der Waals surface area contributed by atoms with Crippen molar-refractivity contribution in [1.29, 1.82) is 0 Å². The molecule has 14 heavy (non-hydrogen) atoms. The predicted molar refractivity (Wildman–Crippen MR) is 58.0 cm³/mol. The van der Waals surface area contributed by atoms with Gasteiger partial charge in [-0.15, -0.1) is 0 Å². The summed E-state index contributed by atoms with van der Waals surface area (Å²) >= 11 is 6.05. The molecular formula is C11H14ClNO. The molecule has 0 amide bonds. The standard InChI is InChI=1S/C11H14ClNO/c12-11-9(4-1-5-10(11)14)8-3-2-6-13-7-8/h1,4-5,8,13-14H,2-3,6-7H2/t8-/m0/s1. The average Bonchev–Trinajstić information content (AvgIpc) is 2.23. The number of aromatic hydroxyl groups is 1. The number of benzene rings is 1. The minimum absolute atomic E-state index is 0.190. The normalized spacial score (nSPS) is 22.2. The third-order valence-electron chi connectivity index (χ3n) is 2.74. The fourth-order valence-electron chi connectivity index (χ4n) is 1.97. The fraction of sp³-hybridized carbons (Fsp3) is 0.455. The lowest BCUT2D eigenvalue weighted by molar-refractivity contribution is 0.453. The van der Waals surface area contributed by atoms with Crippen LogP contribution in [0.5, 0.6) is 5.75 Å². The van der Waals surface area contributed by atoms with Crippen LogP contribution >= 0.6 is 11.6 Å². The van der Waals surface area contributed by atoms with Crippen LogP contribution in [0.2, 0.25) is 5.02 Å². The van der Waals surface area contributed by atoms with Crippen LogP contribution in [0.3, 0.4) is 0 Å². The largest absolute Gasteiger partial charge is 0.506 e. The number of phenols is 1. The second-order valence-electron chi connectivity index (χ2n) is 3.72. The lowest BCUT2D eigenvalue weighted by atomic mass is 9.91. The summed E-state index contributed by atoms with van der Waals surface area (Å²) in [4.78, 5) is 0. The molecule has 0 bridgehead atoms. The first-order valence-corrected chi connectivity index (χ1v) is 5.35. The Kier molecular flexibility index (Phi) is 2.94. The van der Waals surface area contributed by atoms with E-state index in [1.807, 2.05) is 12.1 Å². The van der Waals surface area contributed by atoms with Crippen molar-refractivity contribution in [2.45, 2.75) is 18.8 Å². The molecular weight excluding hydrogens is 198 g/mol. The van der Waals surface area contributed by atoms with E-state index in [4.69, 9.17) is 11.6 Å². The van der Waals surface area contributed by atoms with Gasteiger partial charge in [0.2, 0.25) is 0 Å². The monoisotopic (exact) mass is 211 g/mol. The molecule has 3 heteroatoms. The molecule has 0 aliphatic carbocycles. The molecule has 0 saturated carbocycles. The highest BCUT2D eigenvalue weighted by Gasteiger charge is 2.18. The van der Waals surface area contributed by atoms with Crippen molar-refractivity contribution in [3.8, 4) is 5.75 Å². The number of nitrogens with one attached hydrogen (secondary N) is 1. The van der Waals surface area contributed by atoms with Crippen molar-refractivity contribution < 1.29 is 5.11 Å². The highest BCUT2D eigenvalue weighted by atomic mass is 35.5. The number of hydrogen-bond donors (Lipinski definition) is 2. The molecule has 2 nitrogen and oxygen atoms in total. The van der Waals surface area contributed by atoms with Gasteiger partial charge in [-0.25, -0.2) is 0 Å². The van der Waals surface area contributed by atoms with Crippen LogP contribution in [0.15, 0.2) is 18.2 Å². The van der Waals surface area contributed by atoms with Crippen molar-refractivity contribution in [2.24, 2.45) is 0 Å². The van der Waals surface area contributed by atoms with Gasteiger partial charge in [0, 0.05) is 6.54 Å². The molecule has 1 aromatic rings. The van der Waals surface area contributed by atoms with E-state index in [1.54, 1.807) is 6.07 Å². The van der Waals surface area contributed by atoms with Crippen molar-refractivity contribution in [3.63, 3.8) is 0 Å². The molecule has 1 aromatic carbocycles. The van der Waals surface area contributed by atoms with Crippen LogP contribution in [0.25, 0.3) is 0 Å². The summed E-state index contributed by atoms with van der Waals surface area (Å²) in [6.07, 6.45) is 2.33. The SMILES string of the molecule is Oc1cccc([C@H]2CCCNC2)c1Cl. The van der Waals surface area contributed by atoms with E-state index < -0.39 is 0 Å². The van der Waals surface area contributed by atoms with E-state index in [9.17, 15) is 5.11 Å². The van der Waals surface area contributed by atoms with Gasteiger partial charge < -0.3 is 10.4 Å². The van der Waals surface area contributed by atoms with Crippen molar-refractivity contribution in [2.75, 3.05) is 13.1 Å². The van der Waals surface area contributed by atoms with Gasteiger partial charge in [-0.2, -0.15) is 0 Å². The van der Waals surface area contributed by atoms with E-state index in [-0.39, 0.29) is 5.75 Å². The summed E-state index contributed by atoms with van der Waals surface area (Å²) in [6.45, 7) is 2.05. The van der Waals surface area contributed by atoms with Crippen LogP contribution in [0.1, 0.15) is 24.3 Å². The maximum Gasteiger partial charge on any atom is 0.134 e. The van der Waals surface area contributed by atoms with E-state index in [1.165, 1.54) is 6.42 Å². The molecule has 1 atom stereocenters. The molecule has 1 aliphatic heterocycles. The number of halogens is 1. The summed E-state index contributed by atoms with van der Waals surface area (Å²) in [5, 5.41) is 13.3. The molecule has 2 rings (SSSR count). The van der Waals surface area contributed by atoms with Crippen molar-refractivity contribution in [3.05, 3.63) is 28.8 Å². The van der Waals surface area contributed by atoms with Crippen LogP contribution in [-0.2, 0) is 0 Å². The molecule has 76 valence electrons. The Hall–Kier alpha value is -0.730. The quantitative estimate of drug-likeness (QED) is 0.748. The summed E-state index contributed by atoms with van der Waals surface area (Å²) < 4.78 is 0. The predicted octanol–water partition coefficient (Wildman–Crippen LogP) is 2.51. The van der Waals surface area contributed by atoms with Gasteiger partial charge in [-0.3, -0.25) is 0 Å². The molecule has 2 N–H and O–H groups in total. The molecule has 0 spiro atoms. The summed E-state index contributed by atoms with van der Waals surface area (Å²) in [6, 6.07) is 5.48. The molecule has 0 unspecified atom stereocenters.